The van der Waals surface area contributed by atoms with Crippen molar-refractivity contribution in [1.82, 2.24) is 0 Å². The topological polar surface area (TPSA) is 20.3 Å². The molecule has 156 valence electrons. The Labute approximate surface area is 185 Å². The van der Waals surface area contributed by atoms with Gasteiger partial charge in [-0.3, -0.25) is 4.79 Å². The molecule has 0 aliphatic carbocycles. The predicted molar refractivity (Wildman–Crippen MR) is 131 cm³/mol. The highest BCUT2D eigenvalue weighted by molar-refractivity contribution is 9.10. The van der Waals surface area contributed by atoms with Crippen LogP contribution in [-0.4, -0.2) is 20.1 Å². The number of hydrogen-bond acceptors (Lipinski definition) is 2. The highest BCUT2D eigenvalue weighted by atomic mass is 79.9. The van der Waals surface area contributed by atoms with Crippen molar-refractivity contribution in [3.63, 3.8) is 0 Å². The number of fused-ring (bicyclic) bond motifs is 1. The van der Waals surface area contributed by atoms with Gasteiger partial charge in [-0.25, -0.2) is 0 Å². The van der Waals surface area contributed by atoms with Gasteiger partial charge >= 0.3 is 0 Å². The van der Waals surface area contributed by atoms with Crippen molar-refractivity contribution in [2.45, 2.75) is 77.6 Å². The molecule has 0 unspecified atom stereocenters. The number of halogens is 1. The molecule has 0 bridgehead atoms. The van der Waals surface area contributed by atoms with Gasteiger partial charge in [0.25, 0.3) is 0 Å². The monoisotopic (exact) mass is 471 g/mol. The zero-order valence-electron chi connectivity index (χ0n) is 18.8. The van der Waals surface area contributed by atoms with Crippen molar-refractivity contribution in [3.8, 4) is 0 Å². The van der Waals surface area contributed by atoms with Crippen molar-refractivity contribution >= 4 is 35.6 Å². The third kappa shape index (κ3) is 3.52. The average Bonchev–Trinajstić information content (AvgIpc) is 2.98. The van der Waals surface area contributed by atoms with E-state index in [-0.39, 0.29) is 5.78 Å². The number of benzene rings is 2. The second-order valence-corrected chi connectivity index (χ2v) is 16.0. The Kier molecular flexibility index (Phi) is 6.45. The summed E-state index contributed by atoms with van der Waals surface area (Å²) in [4.78, 5) is 13.5. The number of carbonyl (C=O) groups excluding carboxylic acids is 1. The van der Waals surface area contributed by atoms with Crippen molar-refractivity contribution in [1.29, 1.82) is 0 Å². The molecule has 2 aromatic rings. The highest BCUT2D eigenvalue weighted by Crippen LogP contribution is 2.50. The van der Waals surface area contributed by atoms with E-state index >= 15 is 0 Å². The number of rotatable bonds is 6. The summed E-state index contributed by atoms with van der Waals surface area (Å²) in [6.45, 7) is 16.8. The molecule has 3 rings (SSSR count). The Morgan fingerprint density at radius 3 is 2.03 bits per heavy atom. The van der Waals surface area contributed by atoms with E-state index in [9.17, 15) is 4.79 Å². The van der Waals surface area contributed by atoms with E-state index in [1.807, 2.05) is 30.3 Å². The lowest BCUT2D eigenvalue weighted by Gasteiger charge is -2.53. The summed E-state index contributed by atoms with van der Waals surface area (Å²) in [6.07, 6.45) is 0.947. The first-order valence-corrected chi connectivity index (χ1v) is 13.8. The fourth-order valence-corrected chi connectivity index (χ4v) is 13.7. The van der Waals surface area contributed by atoms with E-state index in [4.69, 9.17) is 0 Å². The molecular weight excluding hydrogens is 438 g/mol. The van der Waals surface area contributed by atoms with Crippen molar-refractivity contribution in [2.24, 2.45) is 0 Å². The van der Waals surface area contributed by atoms with Gasteiger partial charge in [0.15, 0.2) is 14.0 Å². The summed E-state index contributed by atoms with van der Waals surface area (Å²) in [5.41, 5.74) is 6.06. The van der Waals surface area contributed by atoms with Crippen LogP contribution >= 0.6 is 15.9 Å². The minimum Gasteiger partial charge on any atom is -0.394 e. The third-order valence-electron chi connectivity index (χ3n) is 6.91. The van der Waals surface area contributed by atoms with Gasteiger partial charge in [0, 0.05) is 27.3 Å². The van der Waals surface area contributed by atoms with Crippen LogP contribution in [0, 0.1) is 0 Å². The summed E-state index contributed by atoms with van der Waals surface area (Å²) in [7, 11) is -1.84. The quantitative estimate of drug-likeness (QED) is 0.319. The SMILES string of the molecule is CC(C)[Si](C(C)C)(C(C)C)N1c2cccc(C(=O)c3ccccc3Br)c2C[C@@H]1C. The second-order valence-electron chi connectivity index (χ2n) is 9.39. The van der Waals surface area contributed by atoms with Crippen LogP contribution in [0.2, 0.25) is 16.6 Å². The Morgan fingerprint density at radius 2 is 1.48 bits per heavy atom. The smallest absolute Gasteiger partial charge is 0.194 e. The van der Waals surface area contributed by atoms with Gasteiger partial charge in [0.05, 0.1) is 0 Å². The largest absolute Gasteiger partial charge is 0.394 e. The number of ketones is 1. The van der Waals surface area contributed by atoms with Gasteiger partial charge in [0.1, 0.15) is 0 Å². The van der Waals surface area contributed by atoms with E-state index in [1.165, 1.54) is 11.3 Å². The van der Waals surface area contributed by atoms with Crippen molar-refractivity contribution in [2.75, 3.05) is 4.57 Å². The second kappa shape index (κ2) is 8.39. The Balaban J connectivity index is 2.17. The Hall–Kier alpha value is -1.39. The summed E-state index contributed by atoms with van der Waals surface area (Å²) in [6, 6.07) is 14.5. The van der Waals surface area contributed by atoms with Gasteiger partial charge in [-0.05, 0) is 53.7 Å². The van der Waals surface area contributed by atoms with Crippen LogP contribution < -0.4 is 4.57 Å². The van der Waals surface area contributed by atoms with Crippen LogP contribution in [0.5, 0.6) is 0 Å². The average molecular weight is 473 g/mol. The lowest BCUT2D eigenvalue weighted by Crippen LogP contribution is -2.62. The van der Waals surface area contributed by atoms with E-state index in [1.54, 1.807) is 0 Å². The highest BCUT2D eigenvalue weighted by Gasteiger charge is 2.52. The van der Waals surface area contributed by atoms with Crippen LogP contribution in [0.1, 0.15) is 70.0 Å². The summed E-state index contributed by atoms with van der Waals surface area (Å²) >= 11 is 3.56. The molecule has 0 fully saturated rings. The summed E-state index contributed by atoms with van der Waals surface area (Å²) in [5.74, 6) is 0.120. The molecule has 0 amide bonds. The molecular formula is C25H34BrNOSi. The van der Waals surface area contributed by atoms with Crippen LogP contribution in [0.3, 0.4) is 0 Å². The maximum absolute atomic E-state index is 13.5. The normalized spacial score (nSPS) is 16.8. The molecule has 1 heterocycles. The number of anilines is 1. The minimum absolute atomic E-state index is 0.120. The molecule has 29 heavy (non-hydrogen) atoms. The van der Waals surface area contributed by atoms with E-state index in [2.05, 4.69) is 81.1 Å². The first-order chi connectivity index (χ1) is 13.6. The Morgan fingerprint density at radius 1 is 0.931 bits per heavy atom. The zero-order valence-corrected chi connectivity index (χ0v) is 21.4. The van der Waals surface area contributed by atoms with Crippen LogP contribution in [0.25, 0.3) is 0 Å². The molecule has 2 aromatic carbocycles. The molecule has 1 aliphatic rings. The van der Waals surface area contributed by atoms with Gasteiger partial charge in [-0.15, -0.1) is 0 Å². The first-order valence-electron chi connectivity index (χ1n) is 10.8. The van der Waals surface area contributed by atoms with Gasteiger partial charge in [0.2, 0.25) is 0 Å². The molecule has 2 nitrogen and oxygen atoms in total. The molecule has 0 saturated heterocycles. The molecule has 0 radical (unpaired) electrons. The molecule has 4 heteroatoms. The van der Waals surface area contributed by atoms with Crippen LogP contribution in [0.15, 0.2) is 46.9 Å². The number of carbonyl (C=O) groups is 1. The maximum atomic E-state index is 13.5. The molecule has 1 aliphatic heterocycles. The molecule has 0 saturated carbocycles. The van der Waals surface area contributed by atoms with Crippen LogP contribution in [0.4, 0.5) is 5.69 Å². The molecule has 0 aromatic heterocycles. The predicted octanol–water partition coefficient (Wildman–Crippen LogP) is 7.61. The molecule has 1 atom stereocenters. The fraction of sp³-hybridized carbons (Fsp3) is 0.480. The molecule has 0 spiro atoms. The lowest BCUT2D eigenvalue weighted by atomic mass is 9.96. The first kappa shape index (κ1) is 22.3. The maximum Gasteiger partial charge on any atom is 0.194 e. The van der Waals surface area contributed by atoms with Gasteiger partial charge in [-0.1, -0.05) is 81.7 Å². The van der Waals surface area contributed by atoms with Crippen molar-refractivity contribution < 1.29 is 4.79 Å². The fourth-order valence-electron chi connectivity index (χ4n) is 6.07. The third-order valence-corrected chi connectivity index (χ3v) is 14.7. The Bertz CT molecular complexity index is 884. The van der Waals surface area contributed by atoms with E-state index in [0.717, 1.165) is 22.0 Å². The number of nitrogens with zero attached hydrogens (tertiary/aromatic N) is 1. The summed E-state index contributed by atoms with van der Waals surface area (Å²) in [5, 5.41) is 0. The molecule has 0 N–H and O–H groups in total. The zero-order chi connectivity index (χ0) is 21.5. The van der Waals surface area contributed by atoms with E-state index < -0.39 is 8.24 Å². The summed E-state index contributed by atoms with van der Waals surface area (Å²) < 4.78 is 3.65. The number of hydrogen-bond donors (Lipinski definition) is 0. The van der Waals surface area contributed by atoms with E-state index in [0.29, 0.717) is 22.7 Å². The van der Waals surface area contributed by atoms with Crippen molar-refractivity contribution in [3.05, 3.63) is 63.6 Å². The van der Waals surface area contributed by atoms with Gasteiger partial charge in [-0.2, -0.15) is 0 Å². The standard InChI is InChI=1S/C25H34BrNOSi/c1-16(2)29(17(3)4,18(5)6)27-19(7)15-22-20(12-10-14-24(22)27)25(28)21-11-8-9-13-23(21)26/h8-14,16-19H,15H2,1-7H3/t19-/m0/s1. The lowest BCUT2D eigenvalue weighted by molar-refractivity contribution is 0.103. The minimum atomic E-state index is -1.84. The van der Waals surface area contributed by atoms with Crippen LogP contribution in [-0.2, 0) is 6.42 Å². The van der Waals surface area contributed by atoms with Gasteiger partial charge < -0.3 is 4.57 Å².